The van der Waals surface area contributed by atoms with Crippen molar-refractivity contribution in [3.63, 3.8) is 0 Å². The van der Waals surface area contributed by atoms with Crippen molar-refractivity contribution >= 4 is 40.7 Å². The van der Waals surface area contributed by atoms with Crippen molar-refractivity contribution in [2.75, 3.05) is 51.7 Å². The molecule has 1 aromatic heterocycles. The highest BCUT2D eigenvalue weighted by Crippen LogP contribution is 2.21. The van der Waals surface area contributed by atoms with Crippen molar-refractivity contribution in [1.29, 1.82) is 0 Å². The van der Waals surface area contributed by atoms with Gasteiger partial charge in [-0.1, -0.05) is 29.8 Å². The van der Waals surface area contributed by atoms with Gasteiger partial charge in [0.1, 0.15) is 0 Å². The summed E-state index contributed by atoms with van der Waals surface area (Å²) in [5.41, 5.74) is 12.9. The molecule has 2 heterocycles. The molecule has 0 spiro atoms. The van der Waals surface area contributed by atoms with Gasteiger partial charge in [0, 0.05) is 19.2 Å². The second kappa shape index (κ2) is 17.1. The Bertz CT molecular complexity index is 923. The molecule has 3 rings (SSSR count). The number of anilines is 2. The number of hydrogen-bond acceptors (Lipinski definition) is 7. The molecular formula is C25H41Cl2N6O3+. The number of likely N-dealkylation sites (tertiary alicyclic amines) is 1. The first-order valence-corrected chi connectivity index (χ1v) is 13.1. The van der Waals surface area contributed by atoms with E-state index in [1.165, 1.54) is 16.9 Å². The van der Waals surface area contributed by atoms with Gasteiger partial charge >= 0.3 is 0 Å². The fourth-order valence-corrected chi connectivity index (χ4v) is 4.10. The first kappa shape index (κ1) is 31.5. The number of hydrogen-bond donors (Lipinski definition) is 4. The minimum atomic E-state index is -0.351. The van der Waals surface area contributed by atoms with Crippen molar-refractivity contribution in [3.05, 3.63) is 46.7 Å². The third kappa shape index (κ3) is 11.1. The second-order valence-electron chi connectivity index (χ2n) is 8.57. The van der Waals surface area contributed by atoms with Crippen LogP contribution in [0, 0.1) is 0 Å². The van der Waals surface area contributed by atoms with Crippen LogP contribution >= 0.6 is 23.2 Å². The molecule has 1 fully saturated rings. The predicted octanol–water partition coefficient (Wildman–Crippen LogP) is 3.12. The average molecular weight is 545 g/mol. The molecule has 1 amide bonds. The van der Waals surface area contributed by atoms with Crippen LogP contribution in [0.4, 0.5) is 11.6 Å². The van der Waals surface area contributed by atoms with E-state index in [0.29, 0.717) is 0 Å². The molecule has 0 radical (unpaired) electrons. The number of quaternary nitrogens is 1. The number of rotatable bonds is 8. The van der Waals surface area contributed by atoms with Crippen LogP contribution in [0.25, 0.3) is 0 Å². The Balaban J connectivity index is 0.000000826. The molecule has 1 saturated heterocycles. The number of carbonyl (C=O) groups is 1. The fourth-order valence-electron chi connectivity index (χ4n) is 3.97. The number of alkyl halides is 1. The molecule has 6 N–H and O–H groups in total. The monoisotopic (exact) mass is 543 g/mol. The molecule has 2 atom stereocenters. The van der Waals surface area contributed by atoms with E-state index in [9.17, 15) is 4.79 Å². The zero-order valence-electron chi connectivity index (χ0n) is 21.8. The highest BCUT2D eigenvalue weighted by molar-refractivity contribution is 6.31. The predicted molar refractivity (Wildman–Crippen MR) is 147 cm³/mol. The first-order valence-electron chi connectivity index (χ1n) is 12.0. The minimum Gasteiger partial charge on any atom is -0.502 e. The van der Waals surface area contributed by atoms with Gasteiger partial charge in [0.2, 0.25) is 0 Å². The highest BCUT2D eigenvalue weighted by Gasteiger charge is 2.26. The van der Waals surface area contributed by atoms with E-state index in [4.69, 9.17) is 27.8 Å². The van der Waals surface area contributed by atoms with Crippen LogP contribution in [0.2, 0.25) is 5.15 Å². The zero-order chi connectivity index (χ0) is 27.1. The van der Waals surface area contributed by atoms with Gasteiger partial charge in [-0.3, -0.25) is 4.79 Å². The number of methoxy groups -OCH3 is 2. The van der Waals surface area contributed by atoms with Gasteiger partial charge in [0.15, 0.2) is 22.5 Å². The van der Waals surface area contributed by atoms with Gasteiger partial charge in [-0.05, 0) is 38.7 Å². The lowest BCUT2D eigenvalue weighted by molar-refractivity contribution is -0.906. The maximum atomic E-state index is 12.6. The molecule has 1 aromatic rings. The van der Waals surface area contributed by atoms with Crippen molar-refractivity contribution in [1.82, 2.24) is 15.3 Å². The van der Waals surface area contributed by atoms with Crippen LogP contribution in [0.1, 0.15) is 55.9 Å². The summed E-state index contributed by atoms with van der Waals surface area (Å²) >= 11 is 10.5. The SMILES string of the molecule is C=C(C)OC.CCl.COC1=CC=C(CCC[NH+]2CCCC(NC(=O)c3nc(Cl)c(N)nc3N)C2)CC1. The third-order valence-corrected chi connectivity index (χ3v) is 6.19. The number of nitrogens with two attached hydrogens (primary N) is 2. The summed E-state index contributed by atoms with van der Waals surface area (Å²) in [6.45, 7) is 8.39. The number of nitrogens with one attached hydrogen (secondary N) is 2. The Hall–Kier alpha value is -2.49. The van der Waals surface area contributed by atoms with Gasteiger partial charge in [-0.15, -0.1) is 11.6 Å². The number of nitrogen functional groups attached to an aromatic ring is 2. The van der Waals surface area contributed by atoms with E-state index in [1.807, 2.05) is 0 Å². The van der Waals surface area contributed by atoms with Crippen LogP contribution in [-0.4, -0.2) is 62.2 Å². The van der Waals surface area contributed by atoms with E-state index in [2.05, 4.69) is 50.4 Å². The Labute approximate surface area is 224 Å². The van der Waals surface area contributed by atoms with Crippen LogP contribution < -0.4 is 21.7 Å². The van der Waals surface area contributed by atoms with E-state index >= 15 is 0 Å². The molecular weight excluding hydrogens is 503 g/mol. The molecule has 0 aromatic carbocycles. The number of aromatic nitrogens is 2. The Kier molecular flexibility index (Phi) is 14.9. The Morgan fingerprint density at radius 1 is 1.22 bits per heavy atom. The Morgan fingerprint density at radius 3 is 2.50 bits per heavy atom. The largest absolute Gasteiger partial charge is 0.502 e. The molecule has 1 aliphatic heterocycles. The summed E-state index contributed by atoms with van der Waals surface area (Å²) in [7, 11) is 3.32. The minimum absolute atomic E-state index is 0.00384. The topological polar surface area (TPSA) is 130 Å². The standard InChI is InChI=1S/C20H29ClN6O2.C4H8O.CH3Cl/c1-29-15-8-6-13(7-9-15)4-2-10-27-11-3-5-14(12-27)24-20(28)16-18(22)26-19(23)17(21)25-16;1-4(2)5-3;1-2/h6,8,14H,2-5,7,9-12H2,1H3,(H,24,28)(H4,22,23,26);1H2,2-3H3;1H3/p+1. The number of carbonyl (C=O) groups excluding carboxylic acids is 1. The summed E-state index contributed by atoms with van der Waals surface area (Å²) in [5.74, 6) is 1.48. The summed E-state index contributed by atoms with van der Waals surface area (Å²) in [4.78, 5) is 21.9. The highest BCUT2D eigenvalue weighted by atomic mass is 35.5. The maximum absolute atomic E-state index is 12.6. The number of ether oxygens (including phenoxy) is 2. The number of allylic oxidation sites excluding steroid dienone is 5. The van der Waals surface area contributed by atoms with Gasteiger partial charge in [-0.2, -0.15) is 0 Å². The average Bonchev–Trinajstić information content (AvgIpc) is 2.88. The number of piperidine rings is 1. The molecule has 1 aliphatic carbocycles. The van der Waals surface area contributed by atoms with Crippen molar-refractivity contribution < 1.29 is 19.2 Å². The van der Waals surface area contributed by atoms with E-state index in [1.54, 1.807) is 21.1 Å². The molecule has 0 bridgehead atoms. The molecule has 36 heavy (non-hydrogen) atoms. The van der Waals surface area contributed by atoms with Gasteiger partial charge in [0.05, 0.1) is 51.4 Å². The van der Waals surface area contributed by atoms with Crippen molar-refractivity contribution in [3.8, 4) is 0 Å². The molecule has 2 aliphatic rings. The lowest BCUT2D eigenvalue weighted by atomic mass is 9.98. The van der Waals surface area contributed by atoms with Crippen LogP contribution in [0.5, 0.6) is 0 Å². The van der Waals surface area contributed by atoms with E-state index < -0.39 is 0 Å². The van der Waals surface area contributed by atoms with Crippen molar-refractivity contribution in [2.24, 2.45) is 0 Å². The van der Waals surface area contributed by atoms with Gasteiger partial charge < -0.3 is 31.2 Å². The summed E-state index contributed by atoms with van der Waals surface area (Å²) < 4.78 is 9.84. The summed E-state index contributed by atoms with van der Waals surface area (Å²) in [6, 6.07) is 0.0878. The summed E-state index contributed by atoms with van der Waals surface area (Å²) in [6.07, 6.45) is 12.1. The third-order valence-electron chi connectivity index (χ3n) is 5.91. The van der Waals surface area contributed by atoms with E-state index in [0.717, 1.165) is 69.7 Å². The van der Waals surface area contributed by atoms with E-state index in [-0.39, 0.29) is 34.4 Å². The number of halogens is 2. The van der Waals surface area contributed by atoms with Crippen LogP contribution in [0.15, 0.2) is 35.8 Å². The van der Waals surface area contributed by atoms with Crippen molar-refractivity contribution in [2.45, 2.75) is 51.5 Å². The maximum Gasteiger partial charge on any atom is 0.274 e. The molecule has 2 unspecified atom stereocenters. The number of nitrogens with zero attached hydrogens (tertiary/aromatic N) is 2. The quantitative estimate of drug-likeness (QED) is 0.292. The molecule has 0 saturated carbocycles. The summed E-state index contributed by atoms with van der Waals surface area (Å²) in [5, 5.41) is 3.02. The Morgan fingerprint density at radius 2 is 1.92 bits per heavy atom. The fraction of sp³-hybridized carbons (Fsp3) is 0.560. The zero-order valence-corrected chi connectivity index (χ0v) is 23.3. The number of amides is 1. The normalized spacial score (nSPS) is 18.7. The van der Waals surface area contributed by atoms with Crippen LogP contribution in [-0.2, 0) is 9.47 Å². The molecule has 11 heteroatoms. The lowest BCUT2D eigenvalue weighted by Crippen LogP contribution is -3.14. The second-order valence-corrected chi connectivity index (χ2v) is 8.93. The molecule has 9 nitrogen and oxygen atoms in total. The first-order chi connectivity index (χ1) is 17.2. The molecule has 202 valence electrons. The van der Waals surface area contributed by atoms with Gasteiger partial charge in [0.25, 0.3) is 5.91 Å². The lowest BCUT2D eigenvalue weighted by Gasteiger charge is -2.30. The van der Waals surface area contributed by atoms with Crippen LogP contribution in [0.3, 0.4) is 0 Å². The smallest absolute Gasteiger partial charge is 0.274 e. The van der Waals surface area contributed by atoms with Gasteiger partial charge in [-0.25, -0.2) is 9.97 Å².